The van der Waals surface area contributed by atoms with Crippen LogP contribution in [0.4, 0.5) is 5.69 Å². The average molecular weight is 455 g/mol. The Kier molecular flexibility index (Phi) is 8.46. The van der Waals surface area contributed by atoms with Gasteiger partial charge in [-0.15, -0.1) is 0 Å². The van der Waals surface area contributed by atoms with Crippen LogP contribution in [-0.2, 0) is 19.1 Å². The van der Waals surface area contributed by atoms with E-state index in [0.717, 1.165) is 0 Å². The zero-order valence-electron chi connectivity index (χ0n) is 19.5. The van der Waals surface area contributed by atoms with E-state index in [9.17, 15) is 9.59 Å². The normalized spacial score (nSPS) is 13.6. The smallest absolute Gasteiger partial charge is 0.282 e. The lowest BCUT2D eigenvalue weighted by Crippen LogP contribution is -2.37. The minimum atomic E-state index is -0.387. The molecule has 0 fully saturated rings. The van der Waals surface area contributed by atoms with Gasteiger partial charge in [0.15, 0.2) is 0 Å². The van der Waals surface area contributed by atoms with E-state index >= 15 is 0 Å². The summed E-state index contributed by atoms with van der Waals surface area (Å²) in [7, 11) is 4.77. The fourth-order valence-electron chi connectivity index (χ4n) is 3.66. The van der Waals surface area contributed by atoms with Gasteiger partial charge < -0.3 is 23.8 Å². The monoisotopic (exact) mass is 454 g/mol. The van der Waals surface area contributed by atoms with E-state index in [1.165, 1.54) is 4.90 Å². The summed E-state index contributed by atoms with van der Waals surface area (Å²) in [6.45, 7) is 4.09. The van der Waals surface area contributed by atoms with E-state index < -0.39 is 0 Å². The van der Waals surface area contributed by atoms with Crippen molar-refractivity contribution in [3.05, 3.63) is 59.8 Å². The molecule has 0 radical (unpaired) electrons. The van der Waals surface area contributed by atoms with Crippen molar-refractivity contribution in [2.45, 2.75) is 6.92 Å². The third-order valence-electron chi connectivity index (χ3n) is 5.29. The number of benzene rings is 2. The maximum Gasteiger partial charge on any atom is 0.282 e. The van der Waals surface area contributed by atoms with Gasteiger partial charge in [0.25, 0.3) is 11.8 Å². The zero-order chi connectivity index (χ0) is 23.8. The van der Waals surface area contributed by atoms with Crippen molar-refractivity contribution >= 4 is 23.1 Å². The summed E-state index contributed by atoms with van der Waals surface area (Å²) in [6.07, 6.45) is 0. The highest BCUT2D eigenvalue weighted by Gasteiger charge is 2.42. The Labute approximate surface area is 194 Å². The van der Waals surface area contributed by atoms with Gasteiger partial charge in [-0.25, -0.2) is 4.90 Å². The first-order valence-electron chi connectivity index (χ1n) is 10.8. The van der Waals surface area contributed by atoms with Crippen molar-refractivity contribution in [1.82, 2.24) is 4.90 Å². The van der Waals surface area contributed by atoms with Crippen LogP contribution in [0.3, 0.4) is 0 Å². The fraction of sp³-hybridized carbons (Fsp3) is 0.360. The molecule has 2 aromatic rings. The van der Waals surface area contributed by atoms with Crippen LogP contribution >= 0.6 is 0 Å². The summed E-state index contributed by atoms with van der Waals surface area (Å²) in [5.41, 5.74) is 1.78. The molecular formula is C25H30N2O6. The number of rotatable bonds is 12. The highest BCUT2D eigenvalue weighted by molar-refractivity contribution is 6.45. The number of carbonyl (C=O) groups is 2. The largest absolute Gasteiger partial charge is 0.497 e. The zero-order valence-corrected chi connectivity index (χ0v) is 19.5. The minimum absolute atomic E-state index is 0.327. The molecule has 1 aliphatic heterocycles. The Bertz CT molecular complexity index is 977. The molecule has 8 nitrogen and oxygen atoms in total. The standard InChI is InChI=1S/C25H30N2O6/c1-5-33-21-12-8-19(9-13-21)27-24(28)22(18-6-10-20(32-4)11-7-18)23(25(27)29)26(14-16-30-2)15-17-31-3/h6-13H,5,14-17H2,1-4H3. The van der Waals surface area contributed by atoms with Gasteiger partial charge in [-0.05, 0) is 48.9 Å². The molecule has 0 N–H and O–H groups in total. The molecule has 0 unspecified atom stereocenters. The highest BCUT2D eigenvalue weighted by Crippen LogP contribution is 2.35. The number of amides is 2. The number of methoxy groups -OCH3 is 3. The molecule has 0 spiro atoms. The summed E-state index contributed by atoms with van der Waals surface area (Å²) >= 11 is 0. The topological polar surface area (TPSA) is 77.5 Å². The molecule has 0 bridgehead atoms. The van der Waals surface area contributed by atoms with Crippen molar-refractivity contribution in [2.75, 3.05) is 59.1 Å². The molecule has 3 rings (SSSR count). The second-order valence-corrected chi connectivity index (χ2v) is 7.30. The van der Waals surface area contributed by atoms with Crippen LogP contribution < -0.4 is 14.4 Å². The molecule has 2 aromatic carbocycles. The van der Waals surface area contributed by atoms with Gasteiger partial charge in [0.05, 0.1) is 38.2 Å². The molecule has 2 amide bonds. The lowest BCUT2D eigenvalue weighted by molar-refractivity contribution is -0.120. The van der Waals surface area contributed by atoms with Crippen molar-refractivity contribution in [2.24, 2.45) is 0 Å². The highest BCUT2D eigenvalue weighted by atomic mass is 16.5. The third-order valence-corrected chi connectivity index (χ3v) is 5.29. The molecule has 0 atom stereocenters. The molecular weight excluding hydrogens is 424 g/mol. The van der Waals surface area contributed by atoms with E-state index in [4.69, 9.17) is 18.9 Å². The van der Waals surface area contributed by atoms with Crippen LogP contribution in [0.2, 0.25) is 0 Å². The minimum Gasteiger partial charge on any atom is -0.497 e. The summed E-state index contributed by atoms with van der Waals surface area (Å²) in [5, 5.41) is 0. The quantitative estimate of drug-likeness (QED) is 0.456. The maximum atomic E-state index is 13.7. The van der Waals surface area contributed by atoms with E-state index in [1.54, 1.807) is 69.9 Å². The molecule has 0 saturated carbocycles. The number of hydrogen-bond acceptors (Lipinski definition) is 7. The van der Waals surface area contributed by atoms with Gasteiger partial charge in [-0.2, -0.15) is 0 Å². The number of anilines is 1. The first-order chi connectivity index (χ1) is 16.0. The van der Waals surface area contributed by atoms with E-state index in [1.807, 2.05) is 11.8 Å². The summed E-state index contributed by atoms with van der Waals surface area (Å²) in [5.74, 6) is 0.564. The van der Waals surface area contributed by atoms with E-state index in [-0.39, 0.29) is 11.8 Å². The molecule has 1 heterocycles. The second-order valence-electron chi connectivity index (χ2n) is 7.30. The Balaban J connectivity index is 2.07. The molecule has 1 aliphatic rings. The van der Waals surface area contributed by atoms with Crippen LogP contribution in [0.5, 0.6) is 11.5 Å². The van der Waals surface area contributed by atoms with Gasteiger partial charge in [-0.1, -0.05) is 12.1 Å². The summed E-state index contributed by atoms with van der Waals surface area (Å²) < 4.78 is 21.2. The number of ether oxygens (including phenoxy) is 4. The predicted octanol–water partition coefficient (Wildman–Crippen LogP) is 2.97. The Morgan fingerprint density at radius 3 is 1.88 bits per heavy atom. The van der Waals surface area contributed by atoms with Gasteiger partial charge in [-0.3, -0.25) is 9.59 Å². The van der Waals surface area contributed by atoms with Crippen molar-refractivity contribution in [1.29, 1.82) is 0 Å². The lowest BCUT2D eigenvalue weighted by Gasteiger charge is -2.25. The predicted molar refractivity (Wildman–Crippen MR) is 125 cm³/mol. The van der Waals surface area contributed by atoms with Crippen LogP contribution in [-0.4, -0.2) is 71.0 Å². The Hall–Kier alpha value is -3.36. The first kappa shape index (κ1) is 24.3. The lowest BCUT2D eigenvalue weighted by atomic mass is 10.0. The van der Waals surface area contributed by atoms with Crippen LogP contribution in [0, 0.1) is 0 Å². The van der Waals surface area contributed by atoms with Gasteiger partial charge in [0.1, 0.15) is 17.2 Å². The SMILES string of the molecule is CCOc1ccc(N2C(=O)C(c3ccc(OC)cc3)=C(N(CCOC)CCOC)C2=O)cc1. The van der Waals surface area contributed by atoms with Crippen LogP contribution in [0.1, 0.15) is 12.5 Å². The first-order valence-corrected chi connectivity index (χ1v) is 10.8. The summed E-state index contributed by atoms with van der Waals surface area (Å²) in [6, 6.07) is 14.0. The van der Waals surface area contributed by atoms with Gasteiger partial charge in [0, 0.05) is 27.3 Å². The number of carbonyl (C=O) groups excluding carboxylic acids is 2. The molecule has 33 heavy (non-hydrogen) atoms. The van der Waals surface area contributed by atoms with Crippen molar-refractivity contribution < 1.29 is 28.5 Å². The Morgan fingerprint density at radius 1 is 0.788 bits per heavy atom. The van der Waals surface area contributed by atoms with E-state index in [2.05, 4.69) is 0 Å². The Morgan fingerprint density at radius 2 is 1.36 bits per heavy atom. The average Bonchev–Trinajstić information content (AvgIpc) is 3.10. The maximum absolute atomic E-state index is 13.7. The van der Waals surface area contributed by atoms with Crippen molar-refractivity contribution in [3.63, 3.8) is 0 Å². The van der Waals surface area contributed by atoms with Crippen LogP contribution in [0.15, 0.2) is 54.2 Å². The van der Waals surface area contributed by atoms with Gasteiger partial charge >= 0.3 is 0 Å². The molecule has 0 aromatic heterocycles. The van der Waals surface area contributed by atoms with Crippen LogP contribution in [0.25, 0.3) is 5.57 Å². The second kappa shape index (κ2) is 11.5. The fourth-order valence-corrected chi connectivity index (χ4v) is 3.66. The molecule has 176 valence electrons. The van der Waals surface area contributed by atoms with Gasteiger partial charge in [0.2, 0.25) is 0 Å². The molecule has 8 heteroatoms. The number of imide groups is 1. The molecule has 0 aliphatic carbocycles. The third kappa shape index (κ3) is 5.35. The summed E-state index contributed by atoms with van der Waals surface area (Å²) in [4.78, 5) is 30.4. The number of nitrogens with zero attached hydrogens (tertiary/aromatic N) is 2. The van der Waals surface area contributed by atoms with Crippen molar-refractivity contribution in [3.8, 4) is 11.5 Å². The van der Waals surface area contributed by atoms with E-state index in [0.29, 0.717) is 66.9 Å². The molecule has 0 saturated heterocycles. The number of hydrogen-bond donors (Lipinski definition) is 0.